The maximum Gasteiger partial charge on any atom is 0.227 e. The molecule has 2 atom stereocenters. The fourth-order valence-electron chi connectivity index (χ4n) is 3.63. The first kappa shape index (κ1) is 20.1. The fourth-order valence-corrected chi connectivity index (χ4v) is 3.63. The smallest absolute Gasteiger partial charge is 0.227 e. The quantitative estimate of drug-likeness (QED) is 0.881. The number of hydrogen-bond acceptors (Lipinski definition) is 3. The number of para-hydroxylation sites is 2. The van der Waals surface area contributed by atoms with Crippen molar-refractivity contribution in [1.82, 2.24) is 0 Å². The molecule has 1 amide bonds. The van der Waals surface area contributed by atoms with Gasteiger partial charge in [-0.3, -0.25) is 4.79 Å². The Morgan fingerprint density at radius 3 is 2.48 bits per heavy atom. The summed E-state index contributed by atoms with van der Waals surface area (Å²) in [6, 6.07) is 8.42. The van der Waals surface area contributed by atoms with Crippen LogP contribution in [-0.4, -0.2) is 32.1 Å². The number of halogens is 2. The zero-order chi connectivity index (χ0) is 14.8. The maximum atomic E-state index is 12.8. The molecular formula is C17H27Cl2N3O. The van der Waals surface area contributed by atoms with E-state index in [1.165, 1.54) is 6.42 Å². The molecule has 0 saturated heterocycles. The van der Waals surface area contributed by atoms with Gasteiger partial charge in [-0.1, -0.05) is 18.6 Å². The summed E-state index contributed by atoms with van der Waals surface area (Å²) in [5.41, 5.74) is 8.33. The first-order valence-corrected chi connectivity index (χ1v) is 8.03. The van der Waals surface area contributed by atoms with E-state index < -0.39 is 0 Å². The van der Waals surface area contributed by atoms with Crippen LogP contribution in [0, 0.1) is 5.92 Å². The molecule has 1 heterocycles. The molecule has 2 aliphatic rings. The minimum Gasteiger partial charge on any atom is -0.373 e. The van der Waals surface area contributed by atoms with Crippen LogP contribution in [0.15, 0.2) is 24.3 Å². The Bertz CT molecular complexity index is 526. The second kappa shape index (κ2) is 8.76. The van der Waals surface area contributed by atoms with Gasteiger partial charge >= 0.3 is 0 Å². The van der Waals surface area contributed by atoms with Gasteiger partial charge < -0.3 is 15.5 Å². The van der Waals surface area contributed by atoms with E-state index in [0.717, 1.165) is 43.7 Å². The molecule has 1 aromatic carbocycles. The molecule has 0 spiro atoms. The fraction of sp³-hybridized carbons (Fsp3) is 0.588. The minimum absolute atomic E-state index is 0. The van der Waals surface area contributed by atoms with Gasteiger partial charge in [-0.25, -0.2) is 0 Å². The van der Waals surface area contributed by atoms with Crippen molar-refractivity contribution in [2.45, 2.75) is 38.1 Å². The Morgan fingerprint density at radius 2 is 1.83 bits per heavy atom. The van der Waals surface area contributed by atoms with E-state index in [0.29, 0.717) is 12.3 Å². The molecule has 1 aliphatic heterocycles. The zero-order valence-electron chi connectivity index (χ0n) is 13.6. The van der Waals surface area contributed by atoms with Crippen LogP contribution < -0.4 is 15.5 Å². The number of anilines is 2. The van der Waals surface area contributed by atoms with Gasteiger partial charge in [0.25, 0.3) is 0 Å². The molecule has 1 aliphatic carbocycles. The molecule has 1 aromatic rings. The van der Waals surface area contributed by atoms with E-state index in [-0.39, 0.29) is 36.8 Å². The largest absolute Gasteiger partial charge is 0.373 e. The van der Waals surface area contributed by atoms with E-state index in [2.05, 4.69) is 24.1 Å². The highest BCUT2D eigenvalue weighted by atomic mass is 35.5. The standard InChI is InChI=1S/C17H25N3O.2ClH/c1-19-10-5-11-20(16-9-3-2-8-15(16)19)17(21)12-13-6-4-7-14(13)18;;/h2-3,8-9,13-14H,4-7,10-12,18H2,1H3;2*1H/t13-,14+;;/m0../s1. The van der Waals surface area contributed by atoms with Gasteiger partial charge in [-0.2, -0.15) is 0 Å². The molecular weight excluding hydrogens is 333 g/mol. The second-order valence-corrected chi connectivity index (χ2v) is 6.37. The molecule has 130 valence electrons. The molecule has 23 heavy (non-hydrogen) atoms. The SMILES string of the molecule is CN1CCCN(C(=O)C[C@@H]2CCC[C@H]2N)c2ccccc21.Cl.Cl. The van der Waals surface area contributed by atoms with Crippen molar-refractivity contribution in [3.8, 4) is 0 Å². The van der Waals surface area contributed by atoms with Crippen molar-refractivity contribution in [2.75, 3.05) is 29.9 Å². The van der Waals surface area contributed by atoms with Gasteiger partial charge in [0.05, 0.1) is 11.4 Å². The topological polar surface area (TPSA) is 49.6 Å². The van der Waals surface area contributed by atoms with Crippen LogP contribution >= 0.6 is 24.8 Å². The molecule has 2 N–H and O–H groups in total. The van der Waals surface area contributed by atoms with Gasteiger partial charge in [-0.05, 0) is 37.3 Å². The summed E-state index contributed by atoms with van der Waals surface area (Å²) < 4.78 is 0. The van der Waals surface area contributed by atoms with Crippen molar-refractivity contribution in [3.05, 3.63) is 24.3 Å². The van der Waals surface area contributed by atoms with Gasteiger partial charge in [0, 0.05) is 32.6 Å². The van der Waals surface area contributed by atoms with Crippen LogP contribution in [0.1, 0.15) is 32.1 Å². The predicted octanol–water partition coefficient (Wildman–Crippen LogP) is 3.22. The lowest BCUT2D eigenvalue weighted by atomic mass is 9.99. The molecule has 1 fully saturated rings. The van der Waals surface area contributed by atoms with E-state index in [1.54, 1.807) is 0 Å². The van der Waals surface area contributed by atoms with E-state index in [1.807, 2.05) is 17.0 Å². The van der Waals surface area contributed by atoms with Gasteiger partial charge in [-0.15, -0.1) is 24.8 Å². The molecule has 0 aromatic heterocycles. The lowest BCUT2D eigenvalue weighted by molar-refractivity contribution is -0.119. The Morgan fingerprint density at radius 1 is 1.13 bits per heavy atom. The average Bonchev–Trinajstić information content (AvgIpc) is 2.80. The van der Waals surface area contributed by atoms with Crippen molar-refractivity contribution >= 4 is 42.1 Å². The van der Waals surface area contributed by atoms with Crippen molar-refractivity contribution < 1.29 is 4.79 Å². The molecule has 3 rings (SSSR count). The number of carbonyl (C=O) groups is 1. The average molecular weight is 360 g/mol. The summed E-state index contributed by atoms with van der Waals surface area (Å²) in [5, 5.41) is 0. The van der Waals surface area contributed by atoms with Gasteiger partial charge in [0.15, 0.2) is 0 Å². The summed E-state index contributed by atoms with van der Waals surface area (Å²) in [6.07, 6.45) is 4.94. The first-order chi connectivity index (χ1) is 10.2. The Hall–Kier alpha value is -0.970. The maximum absolute atomic E-state index is 12.8. The summed E-state index contributed by atoms with van der Waals surface area (Å²) in [7, 11) is 2.10. The number of nitrogens with zero attached hydrogens (tertiary/aromatic N) is 2. The van der Waals surface area contributed by atoms with E-state index in [9.17, 15) is 4.79 Å². The normalized spacial score (nSPS) is 23.4. The molecule has 4 nitrogen and oxygen atoms in total. The monoisotopic (exact) mass is 359 g/mol. The number of amides is 1. The van der Waals surface area contributed by atoms with Crippen LogP contribution in [-0.2, 0) is 4.79 Å². The van der Waals surface area contributed by atoms with Crippen LogP contribution in [0.4, 0.5) is 11.4 Å². The Kier molecular flexibility index (Phi) is 7.65. The number of nitrogens with two attached hydrogens (primary N) is 1. The van der Waals surface area contributed by atoms with Gasteiger partial charge in [0.2, 0.25) is 5.91 Å². The highest BCUT2D eigenvalue weighted by Crippen LogP contribution is 2.33. The minimum atomic E-state index is 0. The van der Waals surface area contributed by atoms with Crippen LogP contribution in [0.3, 0.4) is 0 Å². The summed E-state index contributed by atoms with van der Waals surface area (Å²) in [6.45, 7) is 1.80. The lowest BCUT2D eigenvalue weighted by Gasteiger charge is -2.26. The number of fused-ring (bicyclic) bond motifs is 1. The summed E-state index contributed by atoms with van der Waals surface area (Å²) >= 11 is 0. The summed E-state index contributed by atoms with van der Waals surface area (Å²) in [4.78, 5) is 17.0. The van der Waals surface area contributed by atoms with Gasteiger partial charge in [0.1, 0.15) is 0 Å². The molecule has 1 saturated carbocycles. The van der Waals surface area contributed by atoms with E-state index in [4.69, 9.17) is 5.73 Å². The molecule has 0 radical (unpaired) electrons. The van der Waals surface area contributed by atoms with E-state index >= 15 is 0 Å². The number of rotatable bonds is 2. The third kappa shape index (κ3) is 4.31. The highest BCUT2D eigenvalue weighted by Gasteiger charge is 2.30. The third-order valence-corrected chi connectivity index (χ3v) is 4.91. The van der Waals surface area contributed by atoms with Crippen molar-refractivity contribution in [3.63, 3.8) is 0 Å². The van der Waals surface area contributed by atoms with Crippen LogP contribution in [0.25, 0.3) is 0 Å². The van der Waals surface area contributed by atoms with Crippen LogP contribution in [0.5, 0.6) is 0 Å². The molecule has 6 heteroatoms. The lowest BCUT2D eigenvalue weighted by Crippen LogP contribution is -2.35. The Labute approximate surface area is 151 Å². The second-order valence-electron chi connectivity index (χ2n) is 6.37. The number of benzene rings is 1. The number of hydrogen-bond donors (Lipinski definition) is 1. The number of carbonyl (C=O) groups excluding carboxylic acids is 1. The third-order valence-electron chi connectivity index (χ3n) is 4.91. The molecule has 0 unspecified atom stereocenters. The van der Waals surface area contributed by atoms with Crippen molar-refractivity contribution in [1.29, 1.82) is 0 Å². The highest BCUT2D eigenvalue weighted by molar-refractivity contribution is 5.97. The zero-order valence-corrected chi connectivity index (χ0v) is 15.2. The van der Waals surface area contributed by atoms with Crippen LogP contribution in [0.2, 0.25) is 0 Å². The molecule has 0 bridgehead atoms. The Balaban J connectivity index is 0.00000132. The predicted molar refractivity (Wildman–Crippen MR) is 101 cm³/mol. The van der Waals surface area contributed by atoms with Crippen molar-refractivity contribution in [2.24, 2.45) is 11.7 Å². The first-order valence-electron chi connectivity index (χ1n) is 8.03. The summed E-state index contributed by atoms with van der Waals surface area (Å²) in [5.74, 6) is 0.603.